The van der Waals surface area contributed by atoms with Gasteiger partial charge in [0.2, 0.25) is 47.3 Å². The van der Waals surface area contributed by atoms with E-state index in [2.05, 4.69) is 28.2 Å². The number of aliphatic hydroxyl groups excluding tert-OH is 1. The van der Waals surface area contributed by atoms with E-state index in [0.29, 0.717) is 37.9 Å². The SMILES string of the molecule is CC[C@H](C)[C@@H]([C@@H](CC(=O)N1CCC[C@H]1[C@H](OC)[C@@H](C)C(=O)N[C@@H](Cc1ccccc1)C(=O)O)OC)N(C)C(=O)[C@@H](NC(=O)[C@H](C(C)C)N(C)C(C)C)C(C)C.CC[C@H](C)[C@@H]([C@@H](CC(=O)N1CCC[C@H]1[C@H](OC)[C@@H](C)C(=O)N[C@H](C)[C@@H](O)c1ccccc1)OC)N(C)C(=O)[C@H](NC(=O)[C@H](C(C)C)N(C)C(C)C)C(C)C. The van der Waals surface area contributed by atoms with Crippen LogP contribution in [-0.2, 0) is 68.5 Å². The number of carboxylic acids is 1. The van der Waals surface area contributed by atoms with E-state index in [1.165, 1.54) is 7.11 Å². The molecule has 0 saturated carbocycles. The summed E-state index contributed by atoms with van der Waals surface area (Å²) in [5.41, 5.74) is 1.50. The molecule has 2 fully saturated rings. The third-order valence-corrected chi connectivity index (χ3v) is 23.2. The predicted octanol–water partition coefficient (Wildman–Crippen LogP) is 8.88. The molecule has 8 amide bonds. The first-order valence-electron chi connectivity index (χ1n) is 40.0. The van der Waals surface area contributed by atoms with Crippen LogP contribution in [0.15, 0.2) is 60.7 Å². The van der Waals surface area contributed by atoms with Crippen molar-refractivity contribution in [2.75, 3.05) is 69.7 Å². The maximum atomic E-state index is 14.3. The molecule has 25 nitrogen and oxygen atoms in total. The number of hydrogen-bond acceptors (Lipinski definition) is 16. The fourth-order valence-corrected chi connectivity index (χ4v) is 15.8. The smallest absolute Gasteiger partial charge is 0.326 e. The van der Waals surface area contributed by atoms with Crippen molar-refractivity contribution in [1.82, 2.24) is 50.7 Å². The molecule has 0 radical (unpaired) electrons. The summed E-state index contributed by atoms with van der Waals surface area (Å²) in [7, 11) is 13.5. The normalized spacial score (nSPS) is 19.5. The maximum Gasteiger partial charge on any atom is 0.326 e. The van der Waals surface area contributed by atoms with Gasteiger partial charge in [0.15, 0.2) is 0 Å². The van der Waals surface area contributed by atoms with E-state index in [9.17, 15) is 53.4 Å². The van der Waals surface area contributed by atoms with Gasteiger partial charge in [-0.1, -0.05) is 170 Å². The molecule has 4 rings (SSSR count). The van der Waals surface area contributed by atoms with Gasteiger partial charge < -0.3 is 70.0 Å². The van der Waals surface area contributed by atoms with E-state index < -0.39 is 109 Å². The quantitative estimate of drug-likeness (QED) is 0.0361. The number of nitrogens with one attached hydrogen (secondary N) is 4. The number of nitrogens with zero attached hydrogens (tertiary/aromatic N) is 6. The van der Waals surface area contributed by atoms with Crippen LogP contribution in [0.4, 0.5) is 0 Å². The second kappa shape index (κ2) is 46.4. The third kappa shape index (κ3) is 26.8. The van der Waals surface area contributed by atoms with E-state index in [4.69, 9.17) is 18.9 Å². The Hall–Kier alpha value is -6.61. The van der Waals surface area contributed by atoms with Gasteiger partial charge in [0.1, 0.15) is 18.1 Å². The summed E-state index contributed by atoms with van der Waals surface area (Å²) in [6.07, 6.45) is 0.944. The van der Waals surface area contributed by atoms with Gasteiger partial charge in [0, 0.05) is 74.1 Å². The molecule has 0 aromatic heterocycles. The molecular weight excluding hydrogens is 1390 g/mol. The van der Waals surface area contributed by atoms with Crippen LogP contribution in [0, 0.1) is 47.3 Å². The number of aliphatic hydroxyl groups is 1. The second-order valence-corrected chi connectivity index (χ2v) is 32.8. The fourth-order valence-electron chi connectivity index (χ4n) is 15.8. The average Bonchev–Trinajstić information content (AvgIpc) is 1.80. The topological polar surface area (TPSA) is 299 Å². The molecule has 0 bridgehead atoms. The molecule has 2 aliphatic rings. The summed E-state index contributed by atoms with van der Waals surface area (Å²) in [4.78, 5) is 135. The van der Waals surface area contributed by atoms with Crippen molar-refractivity contribution in [2.45, 2.75) is 292 Å². The summed E-state index contributed by atoms with van der Waals surface area (Å²) in [5.74, 6) is -4.79. The lowest BCUT2D eigenvalue weighted by atomic mass is 9.89. The average molecular weight is 1530 g/mol. The highest BCUT2D eigenvalue weighted by Gasteiger charge is 2.47. The molecule has 19 atom stereocenters. The van der Waals surface area contributed by atoms with Gasteiger partial charge in [-0.15, -0.1) is 0 Å². The molecule has 6 N–H and O–H groups in total. The fraction of sp³-hybridized carbons (Fsp3) is 0.750. The van der Waals surface area contributed by atoms with Crippen LogP contribution in [0.1, 0.15) is 200 Å². The summed E-state index contributed by atoms with van der Waals surface area (Å²) in [6, 6.07) is 12.9. The third-order valence-electron chi connectivity index (χ3n) is 23.2. The highest BCUT2D eigenvalue weighted by atomic mass is 16.5. The van der Waals surface area contributed by atoms with Gasteiger partial charge in [-0.25, -0.2) is 4.79 Å². The molecule has 0 spiro atoms. The molecule has 2 saturated heterocycles. The Balaban J connectivity index is 0.000000565. The first-order chi connectivity index (χ1) is 51.1. The number of ether oxygens (including phenoxy) is 4. The number of amides is 8. The number of benzene rings is 2. The highest BCUT2D eigenvalue weighted by molar-refractivity contribution is 5.92. The maximum absolute atomic E-state index is 14.3. The summed E-state index contributed by atoms with van der Waals surface area (Å²) >= 11 is 0. The highest BCUT2D eigenvalue weighted by Crippen LogP contribution is 2.33. The van der Waals surface area contributed by atoms with Crippen LogP contribution >= 0.6 is 0 Å². The summed E-state index contributed by atoms with van der Waals surface area (Å²) in [5, 5.41) is 32.5. The van der Waals surface area contributed by atoms with Crippen molar-refractivity contribution in [3.05, 3.63) is 71.8 Å². The van der Waals surface area contributed by atoms with Crippen LogP contribution in [0.3, 0.4) is 0 Å². The number of carboxylic acid groups (broad SMARTS) is 1. The number of aliphatic carboxylic acids is 1. The van der Waals surface area contributed by atoms with E-state index in [1.807, 2.05) is 188 Å². The predicted molar refractivity (Wildman–Crippen MR) is 428 cm³/mol. The standard InChI is InChI=1S/C42H71N5O8.C42H73N5O7/c1-14-28(8)37(46(11)41(51)35(25(2)3)44-40(50)36(26(4)5)45(10)27(6)7)33(54-12)24-34(48)47-22-18-21-32(47)38(55-13)29(9)39(49)43-31(42(52)53)23-30-19-16-15-17-20-30;1-15-28(8)37(46(12)42(52)35(25(2)3)44-41(51)36(26(4)5)45(11)27(6)7)33(53-13)24-34(48)47-23-19-22-32(47)39(54-14)29(9)40(50)43-30(10)38(49)31-20-17-16-18-21-31/h15-17,19-20,25-29,31-33,35-38H,14,18,21-24H2,1-13H3,(H,43,49)(H,44,50)(H,52,53);16-18,20-21,25-30,32-33,35-39,49H,15,19,22-24H2,1-14H3,(H,43,50)(H,44,51)/t28-,29+,31-,32-,33+,35-,36-,37-,38+;28-,29+,30+,32-,33+,35+,36-,37-,38+,39+/m00/s1. The Kier molecular flexibility index (Phi) is 41.1. The Morgan fingerprint density at radius 1 is 0.486 bits per heavy atom. The van der Waals surface area contributed by atoms with Crippen molar-refractivity contribution in [2.24, 2.45) is 47.3 Å². The molecule has 0 aliphatic carbocycles. The molecule has 2 aliphatic heterocycles. The van der Waals surface area contributed by atoms with E-state index >= 15 is 0 Å². The van der Waals surface area contributed by atoms with Gasteiger partial charge in [0.25, 0.3) is 0 Å². The van der Waals surface area contributed by atoms with Gasteiger partial charge in [0.05, 0.1) is 97.5 Å². The van der Waals surface area contributed by atoms with Crippen molar-refractivity contribution >= 4 is 53.2 Å². The number of rotatable bonds is 43. The van der Waals surface area contributed by atoms with Crippen molar-refractivity contribution in [3.8, 4) is 0 Å². The molecule has 2 aromatic rings. The number of likely N-dealkylation sites (tertiary alicyclic amines) is 2. The minimum Gasteiger partial charge on any atom is -0.480 e. The van der Waals surface area contributed by atoms with Crippen molar-refractivity contribution < 1.29 is 72.3 Å². The minimum absolute atomic E-state index is 0.0118. The van der Waals surface area contributed by atoms with Gasteiger partial charge in [-0.2, -0.15) is 0 Å². The lowest BCUT2D eigenvalue weighted by Gasteiger charge is -2.41. The summed E-state index contributed by atoms with van der Waals surface area (Å²) in [6.45, 7) is 38.2. The molecule has 2 heterocycles. The van der Waals surface area contributed by atoms with Crippen LogP contribution in [0.5, 0.6) is 0 Å². The zero-order valence-electron chi connectivity index (χ0n) is 71.4. The second-order valence-electron chi connectivity index (χ2n) is 32.8. The van der Waals surface area contributed by atoms with E-state index in [0.717, 1.165) is 24.8 Å². The van der Waals surface area contributed by atoms with Crippen LogP contribution < -0.4 is 21.3 Å². The van der Waals surface area contributed by atoms with Crippen molar-refractivity contribution in [3.63, 3.8) is 0 Å². The molecule has 0 unspecified atom stereocenters. The Labute approximate surface area is 654 Å². The molecule has 25 heteroatoms. The first kappa shape index (κ1) is 96.6. The number of carbonyl (C=O) groups excluding carboxylic acids is 8. The zero-order valence-corrected chi connectivity index (χ0v) is 71.4. The molecule has 109 heavy (non-hydrogen) atoms. The van der Waals surface area contributed by atoms with Gasteiger partial charge in [-0.3, -0.25) is 48.2 Å². The zero-order chi connectivity index (χ0) is 82.8. The monoisotopic (exact) mass is 1530 g/mol. The van der Waals surface area contributed by atoms with Crippen LogP contribution in [-0.4, -0.2) is 259 Å². The Morgan fingerprint density at radius 3 is 1.16 bits per heavy atom. The van der Waals surface area contributed by atoms with Crippen molar-refractivity contribution in [1.29, 1.82) is 0 Å². The number of hydrogen-bond donors (Lipinski definition) is 6. The summed E-state index contributed by atoms with van der Waals surface area (Å²) < 4.78 is 23.9. The largest absolute Gasteiger partial charge is 0.480 e. The van der Waals surface area contributed by atoms with Gasteiger partial charge in [-0.05, 0) is 121 Å². The molecular formula is C84H144N10O15. The molecule has 620 valence electrons. The number of methoxy groups -OCH3 is 4. The number of likely N-dealkylation sites (N-methyl/N-ethyl adjacent to an activating group) is 4. The van der Waals surface area contributed by atoms with Crippen LogP contribution in [0.25, 0.3) is 0 Å². The van der Waals surface area contributed by atoms with E-state index in [-0.39, 0.29) is 114 Å². The lowest BCUT2D eigenvalue weighted by Crippen LogP contribution is -2.60. The van der Waals surface area contributed by atoms with E-state index in [1.54, 1.807) is 75.8 Å². The van der Waals surface area contributed by atoms with Crippen LogP contribution in [0.2, 0.25) is 0 Å². The lowest BCUT2D eigenvalue weighted by molar-refractivity contribution is -0.148. The van der Waals surface area contributed by atoms with Gasteiger partial charge >= 0.3 is 5.97 Å². The minimum atomic E-state index is -1.14. The Bertz CT molecular complexity index is 3120. The number of carbonyl (C=O) groups is 9. The molecule has 2 aromatic carbocycles. The Morgan fingerprint density at radius 2 is 0.844 bits per heavy atom. The first-order valence-corrected chi connectivity index (χ1v) is 40.0.